The van der Waals surface area contributed by atoms with Gasteiger partial charge >= 0.3 is 0 Å². The third kappa shape index (κ3) is 7.81. The molecule has 1 aromatic rings. The molecule has 1 N–H and O–H groups in total. The summed E-state index contributed by atoms with van der Waals surface area (Å²) in [5, 5.41) is 5.08. The molecule has 1 nitrogen and oxygen atoms in total. The first-order chi connectivity index (χ1) is 9.09. The third-order valence-electron chi connectivity index (χ3n) is 3.11. The van der Waals surface area contributed by atoms with Crippen LogP contribution in [0.5, 0.6) is 0 Å². The number of nitrogens with one attached hydrogen (secondary N) is 1. The molecule has 0 bridgehead atoms. The van der Waals surface area contributed by atoms with Crippen molar-refractivity contribution >= 4 is 23.2 Å². The van der Waals surface area contributed by atoms with Crippen molar-refractivity contribution in [3.63, 3.8) is 0 Å². The van der Waals surface area contributed by atoms with Crippen LogP contribution < -0.4 is 5.32 Å². The number of rotatable bonds is 9. The molecule has 0 aromatic heterocycles. The lowest BCUT2D eigenvalue weighted by atomic mass is 10.1. The maximum absolute atomic E-state index is 6.14. The molecule has 0 saturated carbocycles. The minimum atomic E-state index is 0.741. The molecule has 0 unspecified atom stereocenters. The fraction of sp³-hybridized carbons (Fsp3) is 0.625. The molecule has 0 atom stereocenters. The normalized spacial score (nSPS) is 11.2. The first-order valence-electron chi connectivity index (χ1n) is 7.24. The summed E-state index contributed by atoms with van der Waals surface area (Å²) in [6.45, 7) is 6.73. The Hall–Kier alpha value is -0.240. The third-order valence-corrected chi connectivity index (χ3v) is 3.71. The highest BCUT2D eigenvalue weighted by molar-refractivity contribution is 6.33. The highest BCUT2D eigenvalue weighted by Gasteiger charge is 2.01. The van der Waals surface area contributed by atoms with Crippen molar-refractivity contribution in [1.82, 2.24) is 5.32 Å². The van der Waals surface area contributed by atoms with Gasteiger partial charge in [0, 0.05) is 10.0 Å². The summed E-state index contributed by atoms with van der Waals surface area (Å²) in [6, 6.07) is 5.71. The van der Waals surface area contributed by atoms with Crippen molar-refractivity contribution in [2.75, 3.05) is 13.1 Å². The summed E-state index contributed by atoms with van der Waals surface area (Å²) in [4.78, 5) is 0. The fourth-order valence-electron chi connectivity index (χ4n) is 2.04. The van der Waals surface area contributed by atoms with Gasteiger partial charge in [-0.05, 0) is 62.0 Å². The van der Waals surface area contributed by atoms with Crippen LogP contribution in [-0.2, 0) is 6.42 Å². The minimum Gasteiger partial charge on any atom is -0.316 e. The van der Waals surface area contributed by atoms with Gasteiger partial charge in [-0.1, -0.05) is 49.9 Å². The van der Waals surface area contributed by atoms with Gasteiger partial charge in [-0.2, -0.15) is 0 Å². The van der Waals surface area contributed by atoms with Crippen LogP contribution in [0.15, 0.2) is 18.2 Å². The van der Waals surface area contributed by atoms with Gasteiger partial charge in [0.25, 0.3) is 0 Å². The van der Waals surface area contributed by atoms with Crippen molar-refractivity contribution < 1.29 is 0 Å². The number of halogens is 2. The van der Waals surface area contributed by atoms with Crippen LogP contribution in [0.1, 0.15) is 45.1 Å². The smallest absolute Gasteiger partial charge is 0.0439 e. The second-order valence-corrected chi connectivity index (χ2v) is 6.34. The van der Waals surface area contributed by atoms with Gasteiger partial charge in [0.05, 0.1) is 0 Å². The summed E-state index contributed by atoms with van der Waals surface area (Å²) < 4.78 is 0. The molecule has 19 heavy (non-hydrogen) atoms. The van der Waals surface area contributed by atoms with Gasteiger partial charge in [0.2, 0.25) is 0 Å². The molecular weight excluding hydrogens is 277 g/mol. The van der Waals surface area contributed by atoms with E-state index in [2.05, 4.69) is 19.2 Å². The predicted octanol–water partition coefficient (Wildman–Crippen LogP) is 5.34. The molecule has 0 amide bonds. The van der Waals surface area contributed by atoms with E-state index in [0.29, 0.717) is 0 Å². The maximum Gasteiger partial charge on any atom is 0.0439 e. The summed E-state index contributed by atoms with van der Waals surface area (Å²) in [5.74, 6) is 0.741. The minimum absolute atomic E-state index is 0.741. The largest absolute Gasteiger partial charge is 0.316 e. The number of benzene rings is 1. The number of unbranched alkanes of at least 4 members (excludes halogenated alkanes) is 3. The average molecular weight is 302 g/mol. The van der Waals surface area contributed by atoms with Crippen molar-refractivity contribution in [2.45, 2.75) is 46.0 Å². The molecule has 3 heteroatoms. The van der Waals surface area contributed by atoms with Crippen LogP contribution in [0, 0.1) is 5.92 Å². The lowest BCUT2D eigenvalue weighted by Crippen LogP contribution is -2.20. The predicted molar refractivity (Wildman–Crippen MR) is 86.3 cm³/mol. The molecule has 1 aromatic carbocycles. The van der Waals surface area contributed by atoms with Gasteiger partial charge in [0.1, 0.15) is 0 Å². The number of hydrogen-bond acceptors (Lipinski definition) is 1. The Morgan fingerprint density at radius 1 is 1.05 bits per heavy atom. The van der Waals surface area contributed by atoms with E-state index in [1.165, 1.54) is 31.2 Å². The number of aryl methyl sites for hydroxylation is 1. The van der Waals surface area contributed by atoms with Gasteiger partial charge < -0.3 is 5.32 Å². The van der Waals surface area contributed by atoms with Crippen LogP contribution in [0.4, 0.5) is 0 Å². The van der Waals surface area contributed by atoms with Gasteiger partial charge in [0.15, 0.2) is 0 Å². The highest BCUT2D eigenvalue weighted by Crippen LogP contribution is 2.22. The SMILES string of the molecule is CC(C)CNCCCCCCc1cc(Cl)ccc1Cl. The van der Waals surface area contributed by atoms with E-state index in [-0.39, 0.29) is 0 Å². The number of hydrogen-bond donors (Lipinski definition) is 1. The maximum atomic E-state index is 6.14. The zero-order chi connectivity index (χ0) is 14.1. The van der Waals surface area contributed by atoms with Gasteiger partial charge in [-0.3, -0.25) is 0 Å². The van der Waals surface area contributed by atoms with Crippen molar-refractivity contribution in [3.05, 3.63) is 33.8 Å². The lowest BCUT2D eigenvalue weighted by molar-refractivity contribution is 0.526. The molecule has 0 aliphatic heterocycles. The molecule has 0 radical (unpaired) electrons. The molecule has 108 valence electrons. The van der Waals surface area contributed by atoms with Crippen LogP contribution in [-0.4, -0.2) is 13.1 Å². The summed E-state index contributed by atoms with van der Waals surface area (Å²) in [7, 11) is 0. The molecule has 0 fully saturated rings. The fourth-order valence-corrected chi connectivity index (χ4v) is 2.45. The van der Waals surface area contributed by atoms with Crippen LogP contribution in [0.25, 0.3) is 0 Å². The van der Waals surface area contributed by atoms with E-state index >= 15 is 0 Å². The van der Waals surface area contributed by atoms with Gasteiger partial charge in [-0.25, -0.2) is 0 Å². The van der Waals surface area contributed by atoms with Crippen LogP contribution >= 0.6 is 23.2 Å². The Morgan fingerprint density at radius 3 is 2.53 bits per heavy atom. The zero-order valence-corrected chi connectivity index (χ0v) is 13.5. The summed E-state index contributed by atoms with van der Waals surface area (Å²) >= 11 is 12.1. The molecular formula is C16H25Cl2N. The van der Waals surface area contributed by atoms with Crippen molar-refractivity contribution in [2.24, 2.45) is 5.92 Å². The van der Waals surface area contributed by atoms with E-state index in [1.54, 1.807) is 0 Å². The standard InChI is InChI=1S/C16H25Cl2N/c1-13(2)12-19-10-6-4-3-5-7-14-11-15(17)8-9-16(14)18/h8-9,11,13,19H,3-7,10,12H2,1-2H3. The molecule has 0 aliphatic carbocycles. The lowest BCUT2D eigenvalue weighted by Gasteiger charge is -2.07. The van der Waals surface area contributed by atoms with Crippen LogP contribution in [0.2, 0.25) is 10.0 Å². The Labute approximate surface area is 127 Å². The van der Waals surface area contributed by atoms with E-state index in [9.17, 15) is 0 Å². The second kappa shape index (κ2) is 9.63. The van der Waals surface area contributed by atoms with E-state index in [1.807, 2.05) is 18.2 Å². The highest BCUT2D eigenvalue weighted by atomic mass is 35.5. The quantitative estimate of drug-likeness (QED) is 0.607. The summed E-state index contributed by atoms with van der Waals surface area (Å²) in [5.41, 5.74) is 1.17. The Morgan fingerprint density at radius 2 is 1.79 bits per heavy atom. The first kappa shape index (κ1) is 16.8. The Balaban J connectivity index is 2.06. The molecule has 0 heterocycles. The Kier molecular flexibility index (Phi) is 8.52. The molecule has 0 spiro atoms. The molecule has 1 rings (SSSR count). The average Bonchev–Trinajstić information content (AvgIpc) is 2.36. The topological polar surface area (TPSA) is 12.0 Å². The van der Waals surface area contributed by atoms with Crippen LogP contribution in [0.3, 0.4) is 0 Å². The van der Waals surface area contributed by atoms with Gasteiger partial charge in [-0.15, -0.1) is 0 Å². The van der Waals surface area contributed by atoms with Crippen molar-refractivity contribution in [3.8, 4) is 0 Å². The van der Waals surface area contributed by atoms with E-state index in [0.717, 1.165) is 35.5 Å². The zero-order valence-electron chi connectivity index (χ0n) is 12.0. The molecule has 0 saturated heterocycles. The van der Waals surface area contributed by atoms with Crippen molar-refractivity contribution in [1.29, 1.82) is 0 Å². The molecule has 0 aliphatic rings. The van der Waals surface area contributed by atoms with E-state index in [4.69, 9.17) is 23.2 Å². The monoisotopic (exact) mass is 301 g/mol. The summed E-state index contributed by atoms with van der Waals surface area (Å²) in [6.07, 6.45) is 6.01. The Bertz CT molecular complexity index is 364. The first-order valence-corrected chi connectivity index (χ1v) is 8.00. The van der Waals surface area contributed by atoms with E-state index < -0.39 is 0 Å². The second-order valence-electron chi connectivity index (χ2n) is 5.50.